The molecule has 1 aliphatic rings. The van der Waals surface area contributed by atoms with Crippen LogP contribution in [0, 0.1) is 11.6 Å². The Bertz CT molecular complexity index is 1390. The Morgan fingerprint density at radius 3 is 2.82 bits per heavy atom. The second-order valence-electron chi connectivity index (χ2n) is 7.74. The number of hydrogen-bond acceptors (Lipinski definition) is 6. The van der Waals surface area contributed by atoms with Gasteiger partial charge in [-0.15, -0.1) is 0 Å². The standard InChI is InChI=1S/C23H19F2N5O2S/c24-14-8-9-16(25)15(11-14)19-28-21(32)18-22(29-19)33-23(27-18)30-10-4-7-17(30)20(31)26-12-13-5-2-1-3-6-13/h1-3,5-6,8-9,11,17H,4,7,10,12H2,(H,26,31)(H,28,29,32)/t17-/m1/s1. The fourth-order valence-electron chi connectivity index (χ4n) is 3.92. The summed E-state index contributed by atoms with van der Waals surface area (Å²) in [7, 11) is 0. The number of fused-ring (bicyclic) bond motifs is 1. The third kappa shape index (κ3) is 4.21. The van der Waals surface area contributed by atoms with E-state index in [9.17, 15) is 18.4 Å². The Morgan fingerprint density at radius 1 is 1.18 bits per heavy atom. The van der Waals surface area contributed by atoms with Crippen LogP contribution in [-0.2, 0) is 11.3 Å². The molecule has 1 amide bonds. The summed E-state index contributed by atoms with van der Waals surface area (Å²) >= 11 is 1.15. The van der Waals surface area contributed by atoms with E-state index in [1.165, 1.54) is 0 Å². The van der Waals surface area contributed by atoms with Crippen molar-refractivity contribution in [3.05, 3.63) is 76.1 Å². The van der Waals surface area contributed by atoms with E-state index in [0.29, 0.717) is 29.5 Å². The maximum absolute atomic E-state index is 14.2. The van der Waals surface area contributed by atoms with Gasteiger partial charge in [0.15, 0.2) is 15.5 Å². The molecular formula is C23H19F2N5O2S. The van der Waals surface area contributed by atoms with Gasteiger partial charge in [0.05, 0.1) is 5.56 Å². The normalized spacial score (nSPS) is 15.8. The highest BCUT2D eigenvalue weighted by Gasteiger charge is 2.33. The van der Waals surface area contributed by atoms with Gasteiger partial charge in [-0.05, 0) is 36.6 Å². The zero-order valence-corrected chi connectivity index (χ0v) is 18.2. The molecule has 3 heterocycles. The summed E-state index contributed by atoms with van der Waals surface area (Å²) in [5.74, 6) is -1.52. The summed E-state index contributed by atoms with van der Waals surface area (Å²) in [6.07, 6.45) is 1.48. The zero-order valence-electron chi connectivity index (χ0n) is 17.3. The van der Waals surface area contributed by atoms with Gasteiger partial charge in [0.2, 0.25) is 5.91 Å². The predicted octanol–water partition coefficient (Wildman–Crippen LogP) is 3.61. The van der Waals surface area contributed by atoms with E-state index in [0.717, 1.165) is 41.5 Å². The lowest BCUT2D eigenvalue weighted by molar-refractivity contribution is -0.122. The maximum Gasteiger partial charge on any atom is 0.278 e. The van der Waals surface area contributed by atoms with Crippen molar-refractivity contribution < 1.29 is 13.6 Å². The van der Waals surface area contributed by atoms with Crippen molar-refractivity contribution in [1.82, 2.24) is 20.3 Å². The number of nitrogens with zero attached hydrogens (tertiary/aromatic N) is 3. The van der Waals surface area contributed by atoms with Gasteiger partial charge in [0.1, 0.15) is 23.5 Å². The number of nitrogens with one attached hydrogen (secondary N) is 2. The lowest BCUT2D eigenvalue weighted by Crippen LogP contribution is -2.43. The molecular weight excluding hydrogens is 448 g/mol. The Balaban J connectivity index is 1.42. The van der Waals surface area contributed by atoms with E-state index >= 15 is 0 Å². The van der Waals surface area contributed by atoms with Gasteiger partial charge in [-0.2, -0.15) is 0 Å². The van der Waals surface area contributed by atoms with Crippen molar-refractivity contribution in [2.45, 2.75) is 25.4 Å². The first-order valence-corrected chi connectivity index (χ1v) is 11.3. The highest BCUT2D eigenvalue weighted by molar-refractivity contribution is 7.21. The number of aromatic nitrogens is 3. The van der Waals surface area contributed by atoms with E-state index in [1.807, 2.05) is 35.2 Å². The number of amides is 1. The van der Waals surface area contributed by atoms with E-state index in [-0.39, 0.29) is 22.8 Å². The van der Waals surface area contributed by atoms with Crippen LogP contribution in [-0.4, -0.2) is 33.4 Å². The third-order valence-corrected chi connectivity index (χ3v) is 6.54. The molecule has 1 atom stereocenters. The van der Waals surface area contributed by atoms with E-state index in [2.05, 4.69) is 20.3 Å². The second-order valence-corrected chi connectivity index (χ2v) is 8.70. The number of H-pyrrole nitrogens is 1. The lowest BCUT2D eigenvalue weighted by atomic mass is 10.2. The minimum absolute atomic E-state index is 0.0710. The van der Waals surface area contributed by atoms with Crippen LogP contribution >= 0.6 is 11.3 Å². The molecule has 0 aliphatic carbocycles. The molecule has 1 fully saturated rings. The van der Waals surface area contributed by atoms with Crippen molar-refractivity contribution in [3.63, 3.8) is 0 Å². The first-order chi connectivity index (χ1) is 16.0. The van der Waals surface area contributed by atoms with Crippen LogP contribution in [0.2, 0.25) is 0 Å². The molecule has 1 aliphatic heterocycles. The quantitative estimate of drug-likeness (QED) is 0.468. The average molecular weight is 468 g/mol. The summed E-state index contributed by atoms with van der Waals surface area (Å²) in [6.45, 7) is 1.04. The molecule has 168 valence electrons. The number of rotatable bonds is 5. The van der Waals surface area contributed by atoms with Crippen LogP contribution in [0.3, 0.4) is 0 Å². The molecule has 0 unspecified atom stereocenters. The van der Waals surface area contributed by atoms with Crippen molar-refractivity contribution in [2.75, 3.05) is 11.4 Å². The maximum atomic E-state index is 14.2. The largest absolute Gasteiger partial charge is 0.350 e. The van der Waals surface area contributed by atoms with Gasteiger partial charge in [-0.1, -0.05) is 41.7 Å². The smallest absolute Gasteiger partial charge is 0.278 e. The molecule has 10 heteroatoms. The molecule has 1 saturated heterocycles. The number of benzene rings is 2. The zero-order chi connectivity index (χ0) is 22.9. The lowest BCUT2D eigenvalue weighted by Gasteiger charge is -2.23. The molecule has 0 radical (unpaired) electrons. The number of hydrogen-bond donors (Lipinski definition) is 2. The number of anilines is 1. The SMILES string of the molecule is O=C(NCc1ccccc1)[C@H]1CCCN1c1nc2c(=O)[nH]c(-c3cc(F)ccc3F)nc2s1. The first kappa shape index (κ1) is 21.2. The van der Waals surface area contributed by atoms with Gasteiger partial charge in [0.25, 0.3) is 5.56 Å². The predicted molar refractivity (Wildman–Crippen MR) is 122 cm³/mol. The minimum atomic E-state index is -0.696. The number of halogens is 2. The van der Waals surface area contributed by atoms with Gasteiger partial charge in [-0.25, -0.2) is 18.7 Å². The van der Waals surface area contributed by atoms with Crippen molar-refractivity contribution in [3.8, 4) is 11.4 Å². The van der Waals surface area contributed by atoms with Crippen LogP contribution in [0.5, 0.6) is 0 Å². The fourth-order valence-corrected chi connectivity index (χ4v) is 4.94. The Kier molecular flexibility index (Phi) is 5.59. The van der Waals surface area contributed by atoms with Crippen molar-refractivity contribution in [1.29, 1.82) is 0 Å². The van der Waals surface area contributed by atoms with Crippen LogP contribution in [0.15, 0.2) is 53.3 Å². The van der Waals surface area contributed by atoms with Crippen LogP contribution in [0.4, 0.5) is 13.9 Å². The van der Waals surface area contributed by atoms with E-state index in [4.69, 9.17) is 0 Å². The van der Waals surface area contributed by atoms with E-state index in [1.54, 1.807) is 0 Å². The molecule has 0 spiro atoms. The molecule has 2 aromatic carbocycles. The van der Waals surface area contributed by atoms with Gasteiger partial charge >= 0.3 is 0 Å². The summed E-state index contributed by atoms with van der Waals surface area (Å²) in [4.78, 5) is 38.8. The first-order valence-electron chi connectivity index (χ1n) is 10.4. The van der Waals surface area contributed by atoms with Crippen molar-refractivity contribution in [2.24, 2.45) is 0 Å². The molecule has 7 nitrogen and oxygen atoms in total. The van der Waals surface area contributed by atoms with Gasteiger partial charge in [0, 0.05) is 13.1 Å². The molecule has 33 heavy (non-hydrogen) atoms. The number of carbonyl (C=O) groups is 1. The number of thiazole rings is 1. The summed E-state index contributed by atoms with van der Waals surface area (Å²) in [6, 6.07) is 12.2. The van der Waals surface area contributed by atoms with Crippen molar-refractivity contribution >= 4 is 32.7 Å². The summed E-state index contributed by atoms with van der Waals surface area (Å²) < 4.78 is 27.8. The molecule has 2 N–H and O–H groups in total. The Hall–Kier alpha value is -3.66. The minimum Gasteiger partial charge on any atom is -0.350 e. The summed E-state index contributed by atoms with van der Waals surface area (Å²) in [5, 5.41) is 3.46. The Labute approximate surface area is 191 Å². The average Bonchev–Trinajstić information content (AvgIpc) is 3.47. The molecule has 0 saturated carbocycles. The van der Waals surface area contributed by atoms with Crippen LogP contribution < -0.4 is 15.8 Å². The number of carbonyl (C=O) groups excluding carboxylic acids is 1. The van der Waals surface area contributed by atoms with Crippen LogP contribution in [0.25, 0.3) is 21.7 Å². The van der Waals surface area contributed by atoms with Gasteiger partial charge < -0.3 is 15.2 Å². The molecule has 5 rings (SSSR count). The third-order valence-electron chi connectivity index (χ3n) is 5.55. The highest BCUT2D eigenvalue weighted by atomic mass is 32.1. The molecule has 2 aromatic heterocycles. The Morgan fingerprint density at radius 2 is 2.00 bits per heavy atom. The molecule has 4 aromatic rings. The highest BCUT2D eigenvalue weighted by Crippen LogP contribution is 2.32. The fraction of sp³-hybridized carbons (Fsp3) is 0.217. The summed E-state index contributed by atoms with van der Waals surface area (Å²) in [5.41, 5.74) is 0.419. The van der Waals surface area contributed by atoms with E-state index < -0.39 is 23.2 Å². The number of aromatic amines is 1. The monoisotopic (exact) mass is 467 g/mol. The second kappa shape index (κ2) is 8.70. The molecule has 0 bridgehead atoms. The van der Waals surface area contributed by atoms with Crippen LogP contribution in [0.1, 0.15) is 18.4 Å². The topological polar surface area (TPSA) is 91.0 Å². The van der Waals surface area contributed by atoms with Gasteiger partial charge in [-0.3, -0.25) is 9.59 Å².